The van der Waals surface area contributed by atoms with E-state index in [0.717, 1.165) is 27.9 Å². The monoisotopic (exact) mass is 361 g/mol. The first-order valence-electron chi connectivity index (χ1n) is 8.45. The minimum Gasteiger partial charge on any atom is -0.322 e. The van der Waals surface area contributed by atoms with E-state index in [1.807, 2.05) is 92.7 Å². The molecule has 0 aromatic heterocycles. The van der Waals surface area contributed by atoms with Gasteiger partial charge < -0.3 is 5.32 Å². The number of hydrogen-bond acceptors (Lipinski definition) is 1. The highest BCUT2D eigenvalue weighted by Crippen LogP contribution is 2.25. The lowest BCUT2D eigenvalue weighted by Gasteiger charge is -2.13. The Kier molecular flexibility index (Phi) is 5.55. The minimum absolute atomic E-state index is 0.162. The third-order valence-electron chi connectivity index (χ3n) is 4.18. The number of aryl methyl sites for hydroxylation is 2. The van der Waals surface area contributed by atoms with Gasteiger partial charge in [-0.3, -0.25) is 4.79 Å². The Bertz CT molecular complexity index is 961. The van der Waals surface area contributed by atoms with Crippen molar-refractivity contribution < 1.29 is 4.79 Å². The molecule has 0 heterocycles. The number of hydrogen-bond donors (Lipinski definition) is 1. The average molecular weight is 362 g/mol. The molecule has 2 nitrogen and oxygen atoms in total. The summed E-state index contributed by atoms with van der Waals surface area (Å²) in [5.74, 6) is -0.162. The maximum Gasteiger partial charge on any atom is 0.256 e. The molecule has 0 radical (unpaired) electrons. The van der Waals surface area contributed by atoms with Crippen LogP contribution in [0.3, 0.4) is 0 Å². The molecular weight excluding hydrogens is 342 g/mol. The van der Waals surface area contributed by atoms with Crippen LogP contribution in [0.4, 0.5) is 5.69 Å². The van der Waals surface area contributed by atoms with Crippen LogP contribution in [0, 0.1) is 13.8 Å². The van der Waals surface area contributed by atoms with Crippen molar-refractivity contribution in [1.29, 1.82) is 0 Å². The predicted molar refractivity (Wildman–Crippen MR) is 110 cm³/mol. The molecule has 0 saturated heterocycles. The van der Waals surface area contributed by atoms with Crippen LogP contribution in [-0.2, 0) is 4.79 Å². The van der Waals surface area contributed by atoms with Gasteiger partial charge >= 0.3 is 0 Å². The lowest BCUT2D eigenvalue weighted by Crippen LogP contribution is -2.14. The predicted octanol–water partition coefficient (Wildman–Crippen LogP) is 6.14. The molecule has 0 bridgehead atoms. The highest BCUT2D eigenvalue weighted by molar-refractivity contribution is 6.34. The molecule has 0 atom stereocenters. The Hall–Kier alpha value is -2.84. The molecule has 3 rings (SSSR count). The van der Waals surface area contributed by atoms with Crippen molar-refractivity contribution in [2.24, 2.45) is 0 Å². The van der Waals surface area contributed by atoms with Gasteiger partial charge in [-0.2, -0.15) is 0 Å². The summed E-state index contributed by atoms with van der Waals surface area (Å²) >= 11 is 6.29. The molecule has 26 heavy (non-hydrogen) atoms. The van der Waals surface area contributed by atoms with Crippen molar-refractivity contribution in [3.63, 3.8) is 0 Å². The minimum atomic E-state index is -0.162. The highest BCUT2D eigenvalue weighted by atomic mass is 35.5. The molecule has 0 aliphatic rings. The summed E-state index contributed by atoms with van der Waals surface area (Å²) < 4.78 is 0. The zero-order valence-electron chi connectivity index (χ0n) is 14.8. The first-order valence-corrected chi connectivity index (χ1v) is 8.82. The van der Waals surface area contributed by atoms with Gasteiger partial charge in [-0.1, -0.05) is 72.3 Å². The third-order valence-corrected chi connectivity index (χ3v) is 4.52. The number of anilines is 1. The second-order valence-corrected chi connectivity index (χ2v) is 6.63. The molecule has 1 N–H and O–H groups in total. The number of rotatable bonds is 4. The maximum atomic E-state index is 13.1. The van der Waals surface area contributed by atoms with Gasteiger partial charge in [-0.15, -0.1) is 0 Å². The zero-order chi connectivity index (χ0) is 18.5. The first kappa shape index (κ1) is 18.0. The van der Waals surface area contributed by atoms with E-state index in [0.29, 0.717) is 10.6 Å². The summed E-state index contributed by atoms with van der Waals surface area (Å²) in [6.45, 7) is 3.99. The van der Waals surface area contributed by atoms with Gasteiger partial charge in [0.15, 0.2) is 0 Å². The molecule has 0 unspecified atom stereocenters. The Morgan fingerprint density at radius 2 is 1.62 bits per heavy atom. The fourth-order valence-electron chi connectivity index (χ4n) is 2.71. The molecule has 0 aliphatic carbocycles. The van der Waals surface area contributed by atoms with Gasteiger partial charge in [-0.05, 0) is 54.3 Å². The van der Waals surface area contributed by atoms with Crippen molar-refractivity contribution in [3.8, 4) is 0 Å². The van der Waals surface area contributed by atoms with Crippen LogP contribution >= 0.6 is 11.6 Å². The van der Waals surface area contributed by atoms with E-state index in [1.54, 1.807) is 0 Å². The van der Waals surface area contributed by atoms with Crippen molar-refractivity contribution >= 4 is 34.8 Å². The van der Waals surface area contributed by atoms with Gasteiger partial charge in [0.1, 0.15) is 0 Å². The van der Waals surface area contributed by atoms with Gasteiger partial charge in [0.2, 0.25) is 0 Å². The molecule has 0 saturated carbocycles. The van der Waals surface area contributed by atoms with Crippen LogP contribution in [-0.4, -0.2) is 5.91 Å². The number of benzene rings is 3. The fraction of sp³-hybridized carbons (Fsp3) is 0.0870. The Morgan fingerprint density at radius 1 is 0.923 bits per heavy atom. The van der Waals surface area contributed by atoms with E-state index < -0.39 is 0 Å². The molecule has 0 aliphatic heterocycles. The van der Waals surface area contributed by atoms with Gasteiger partial charge in [0.05, 0.1) is 0 Å². The summed E-state index contributed by atoms with van der Waals surface area (Å²) in [5, 5.41) is 3.65. The molecule has 3 heteroatoms. The largest absolute Gasteiger partial charge is 0.322 e. The normalized spacial score (nSPS) is 11.3. The van der Waals surface area contributed by atoms with Crippen molar-refractivity contribution in [3.05, 3.63) is 100 Å². The van der Waals surface area contributed by atoms with E-state index in [-0.39, 0.29) is 5.91 Å². The Balaban J connectivity index is 2.02. The van der Waals surface area contributed by atoms with Crippen LogP contribution < -0.4 is 5.32 Å². The van der Waals surface area contributed by atoms with E-state index in [2.05, 4.69) is 5.32 Å². The number of amides is 1. The summed E-state index contributed by atoms with van der Waals surface area (Å²) in [4.78, 5) is 13.1. The molecule has 3 aromatic rings. The fourth-order valence-corrected chi connectivity index (χ4v) is 2.90. The SMILES string of the molecule is Cc1ccc(C)c(NC(=O)C(=Cc2ccccc2Cl)c2ccccc2)c1. The standard InChI is InChI=1S/C23H20ClNO/c1-16-12-13-17(2)22(14-16)25-23(26)20(18-8-4-3-5-9-18)15-19-10-6-7-11-21(19)24/h3-15H,1-2H3,(H,25,26). The molecule has 1 amide bonds. The highest BCUT2D eigenvalue weighted by Gasteiger charge is 2.14. The second kappa shape index (κ2) is 8.03. The molecule has 130 valence electrons. The van der Waals surface area contributed by atoms with E-state index >= 15 is 0 Å². The zero-order valence-corrected chi connectivity index (χ0v) is 15.5. The van der Waals surface area contributed by atoms with Gasteiger partial charge in [0, 0.05) is 16.3 Å². The molecule has 0 fully saturated rings. The van der Waals surface area contributed by atoms with E-state index in [1.165, 1.54) is 0 Å². The lowest BCUT2D eigenvalue weighted by molar-refractivity contribution is -0.111. The molecule has 0 spiro atoms. The first-order chi connectivity index (χ1) is 12.5. The lowest BCUT2D eigenvalue weighted by atomic mass is 10.0. The molecular formula is C23H20ClNO. The smallest absolute Gasteiger partial charge is 0.256 e. The van der Waals surface area contributed by atoms with Crippen LogP contribution in [0.25, 0.3) is 11.6 Å². The van der Waals surface area contributed by atoms with Crippen molar-refractivity contribution in [2.75, 3.05) is 5.32 Å². The van der Waals surface area contributed by atoms with Crippen LogP contribution in [0.5, 0.6) is 0 Å². The van der Waals surface area contributed by atoms with E-state index in [9.17, 15) is 4.79 Å². The topological polar surface area (TPSA) is 29.1 Å². The third kappa shape index (κ3) is 4.22. The average Bonchev–Trinajstić information content (AvgIpc) is 2.64. The summed E-state index contributed by atoms with van der Waals surface area (Å²) in [7, 11) is 0. The van der Waals surface area contributed by atoms with Gasteiger partial charge in [0.25, 0.3) is 5.91 Å². The summed E-state index contributed by atoms with van der Waals surface area (Å²) in [6.07, 6.45) is 1.83. The number of halogens is 1. The quantitative estimate of drug-likeness (QED) is 0.439. The van der Waals surface area contributed by atoms with Gasteiger partial charge in [-0.25, -0.2) is 0 Å². The number of nitrogens with one attached hydrogen (secondary N) is 1. The summed E-state index contributed by atoms with van der Waals surface area (Å²) in [6, 6.07) is 23.1. The van der Waals surface area contributed by atoms with Crippen molar-refractivity contribution in [1.82, 2.24) is 0 Å². The number of carbonyl (C=O) groups is 1. The Morgan fingerprint density at radius 3 is 2.35 bits per heavy atom. The number of carbonyl (C=O) groups excluding carboxylic acids is 1. The van der Waals surface area contributed by atoms with Crippen molar-refractivity contribution in [2.45, 2.75) is 13.8 Å². The van der Waals surface area contributed by atoms with Crippen LogP contribution in [0.2, 0.25) is 5.02 Å². The van der Waals surface area contributed by atoms with Crippen LogP contribution in [0.15, 0.2) is 72.8 Å². The Labute approximate surface area is 159 Å². The molecule has 3 aromatic carbocycles. The maximum absolute atomic E-state index is 13.1. The second-order valence-electron chi connectivity index (χ2n) is 6.22. The summed E-state index contributed by atoms with van der Waals surface area (Å²) in [5.41, 5.74) is 5.16. The van der Waals surface area contributed by atoms with Crippen LogP contribution in [0.1, 0.15) is 22.3 Å². The van der Waals surface area contributed by atoms with E-state index in [4.69, 9.17) is 11.6 Å².